The van der Waals surface area contributed by atoms with Crippen LogP contribution in [0.5, 0.6) is 0 Å². The highest BCUT2D eigenvalue weighted by Gasteiger charge is 2.43. The third-order valence-electron chi connectivity index (χ3n) is 4.32. The Labute approximate surface area is 164 Å². The third kappa shape index (κ3) is 3.81. The number of aliphatic carboxylic acids is 1. The normalized spacial score (nSPS) is 19.8. The molecule has 0 radical (unpaired) electrons. The van der Waals surface area contributed by atoms with Crippen molar-refractivity contribution in [3.63, 3.8) is 0 Å². The Morgan fingerprint density at radius 2 is 2.04 bits per heavy atom. The molecule has 1 aromatic heterocycles. The van der Waals surface area contributed by atoms with Crippen molar-refractivity contribution in [1.82, 2.24) is 4.90 Å². The van der Waals surface area contributed by atoms with E-state index in [1.165, 1.54) is 30.0 Å². The third-order valence-corrected chi connectivity index (χ3v) is 6.26. The van der Waals surface area contributed by atoms with Gasteiger partial charge in [0.25, 0.3) is 5.91 Å². The number of carboxylic acids is 1. The molecule has 3 rings (SSSR count). The number of amides is 1. The molecule has 0 saturated carbocycles. The van der Waals surface area contributed by atoms with Crippen LogP contribution < -0.4 is 0 Å². The molecule has 1 amide bonds. The zero-order chi connectivity index (χ0) is 20.8. The Bertz CT molecular complexity index is 945. The lowest BCUT2D eigenvalue weighted by Gasteiger charge is -2.28. The van der Waals surface area contributed by atoms with E-state index >= 15 is 0 Å². The van der Waals surface area contributed by atoms with E-state index in [4.69, 9.17) is 5.11 Å². The molecule has 1 unspecified atom stereocenters. The number of halogens is 4. The summed E-state index contributed by atoms with van der Waals surface area (Å²) in [5.74, 6) is -3.52. The van der Waals surface area contributed by atoms with E-state index in [0.717, 1.165) is 0 Å². The summed E-state index contributed by atoms with van der Waals surface area (Å²) in [5.41, 5.74) is -4.29. The summed E-state index contributed by atoms with van der Waals surface area (Å²) in [6.45, 7) is 1.45. The minimum atomic E-state index is -4.49. The minimum absolute atomic E-state index is 0.0150. The summed E-state index contributed by atoms with van der Waals surface area (Å²) in [7, 11) is 0. The van der Waals surface area contributed by atoms with Gasteiger partial charge in [0.15, 0.2) is 5.83 Å². The number of aliphatic hydroxyl groups is 1. The lowest BCUT2D eigenvalue weighted by Crippen LogP contribution is -2.36. The quantitative estimate of drug-likeness (QED) is 0.514. The fourth-order valence-corrected chi connectivity index (χ4v) is 5.01. The van der Waals surface area contributed by atoms with Gasteiger partial charge in [-0.25, -0.2) is 4.39 Å². The Hall–Kier alpha value is -2.27. The van der Waals surface area contributed by atoms with E-state index in [2.05, 4.69) is 0 Å². The van der Waals surface area contributed by atoms with Crippen molar-refractivity contribution in [2.75, 3.05) is 0 Å². The van der Waals surface area contributed by atoms with Gasteiger partial charge in [0.1, 0.15) is 5.76 Å². The molecule has 2 N–H and O–H groups in total. The first-order valence-corrected chi connectivity index (χ1v) is 9.53. The average Bonchev–Trinajstić information content (AvgIpc) is 3.12. The van der Waals surface area contributed by atoms with Gasteiger partial charge in [-0.3, -0.25) is 9.59 Å². The molecule has 1 atom stereocenters. The van der Waals surface area contributed by atoms with Crippen LogP contribution in [0.25, 0.3) is 0 Å². The predicted molar refractivity (Wildman–Crippen MR) is 94.6 cm³/mol. The number of allylic oxidation sites excluding steroid dienone is 2. The Balaban J connectivity index is 1.98. The van der Waals surface area contributed by atoms with Crippen LogP contribution in [0.4, 0.5) is 17.6 Å². The van der Waals surface area contributed by atoms with Gasteiger partial charge in [-0.2, -0.15) is 13.2 Å². The summed E-state index contributed by atoms with van der Waals surface area (Å²) in [6, 6.07) is 1.56. The van der Waals surface area contributed by atoms with E-state index in [1.54, 1.807) is 0 Å². The maximum atomic E-state index is 14.5. The molecule has 0 bridgehead atoms. The zero-order valence-corrected chi connectivity index (χ0v) is 15.8. The molecule has 0 aromatic carbocycles. The van der Waals surface area contributed by atoms with E-state index in [-0.39, 0.29) is 44.1 Å². The standard InChI is InChI=1S/C17H13F4NO4S2/c1-7-8(6-12(24)25)14-9(2-3-10(23)15(14)18)22(7)16(26)11-4-5-13(27-11)28-17(19,20)21/h3-5,9,23H,2,6H2,1H3,(H,24,25). The highest BCUT2D eigenvalue weighted by atomic mass is 32.2. The van der Waals surface area contributed by atoms with E-state index < -0.39 is 41.4 Å². The summed E-state index contributed by atoms with van der Waals surface area (Å²) in [6.07, 6.45) is 0.679. The predicted octanol–water partition coefficient (Wildman–Crippen LogP) is 5.00. The van der Waals surface area contributed by atoms with Gasteiger partial charge in [-0.15, -0.1) is 11.3 Å². The summed E-state index contributed by atoms with van der Waals surface area (Å²) in [4.78, 5) is 25.3. The van der Waals surface area contributed by atoms with Crippen molar-refractivity contribution < 1.29 is 37.4 Å². The van der Waals surface area contributed by atoms with Crippen LogP contribution in [0.2, 0.25) is 0 Å². The van der Waals surface area contributed by atoms with Crippen LogP contribution in [0.1, 0.15) is 29.4 Å². The smallest absolute Gasteiger partial charge is 0.447 e. The number of aliphatic hydroxyl groups excluding tert-OH is 1. The van der Waals surface area contributed by atoms with Gasteiger partial charge in [0, 0.05) is 11.3 Å². The number of carbonyl (C=O) groups excluding carboxylic acids is 1. The number of alkyl halides is 3. The molecule has 1 aliphatic carbocycles. The van der Waals surface area contributed by atoms with Crippen molar-refractivity contribution in [2.24, 2.45) is 0 Å². The van der Waals surface area contributed by atoms with Crippen molar-refractivity contribution in [3.8, 4) is 0 Å². The molecule has 11 heteroatoms. The molecule has 1 aliphatic heterocycles. The summed E-state index contributed by atoms with van der Waals surface area (Å²) in [5, 5.41) is 18.8. The van der Waals surface area contributed by atoms with Crippen LogP contribution in [-0.4, -0.2) is 38.5 Å². The number of rotatable bonds is 4. The van der Waals surface area contributed by atoms with Crippen LogP contribution in [-0.2, 0) is 4.79 Å². The van der Waals surface area contributed by atoms with Gasteiger partial charge in [0.2, 0.25) is 0 Å². The fraction of sp³-hybridized carbons (Fsp3) is 0.294. The Morgan fingerprint density at radius 3 is 2.64 bits per heavy atom. The van der Waals surface area contributed by atoms with E-state index in [9.17, 15) is 32.3 Å². The lowest BCUT2D eigenvalue weighted by molar-refractivity contribution is -0.136. The Kier molecular flexibility index (Phi) is 5.32. The largest absolute Gasteiger partial charge is 0.505 e. The highest BCUT2D eigenvalue weighted by Crippen LogP contribution is 2.45. The first-order chi connectivity index (χ1) is 13.0. The number of hydrogen-bond acceptors (Lipinski definition) is 5. The lowest BCUT2D eigenvalue weighted by atomic mass is 9.92. The SMILES string of the molecule is CC1=C(CC(=O)O)C2=C(F)C(O)=CCC2N1C(=O)c1ccc(SC(F)(F)F)s1. The van der Waals surface area contributed by atoms with Gasteiger partial charge in [-0.05, 0) is 48.9 Å². The second kappa shape index (κ2) is 7.28. The van der Waals surface area contributed by atoms with E-state index in [1.807, 2.05) is 0 Å². The van der Waals surface area contributed by atoms with E-state index in [0.29, 0.717) is 11.3 Å². The highest BCUT2D eigenvalue weighted by molar-refractivity contribution is 8.02. The number of fused-ring (bicyclic) bond motifs is 1. The Morgan fingerprint density at radius 1 is 1.36 bits per heavy atom. The number of carboxylic acid groups (broad SMARTS) is 1. The van der Waals surface area contributed by atoms with Crippen LogP contribution in [0.15, 0.2) is 50.8 Å². The minimum Gasteiger partial charge on any atom is -0.505 e. The van der Waals surface area contributed by atoms with Crippen molar-refractivity contribution in [1.29, 1.82) is 0 Å². The molecule has 150 valence electrons. The molecule has 0 fully saturated rings. The summed E-state index contributed by atoms with van der Waals surface area (Å²) < 4.78 is 52.0. The molecule has 2 aliphatic rings. The monoisotopic (exact) mass is 435 g/mol. The van der Waals surface area contributed by atoms with Gasteiger partial charge in [0.05, 0.1) is 21.5 Å². The van der Waals surface area contributed by atoms with Gasteiger partial charge < -0.3 is 15.1 Å². The average molecular weight is 435 g/mol. The molecular weight excluding hydrogens is 422 g/mol. The second-order valence-electron chi connectivity index (χ2n) is 6.04. The molecule has 5 nitrogen and oxygen atoms in total. The van der Waals surface area contributed by atoms with Crippen molar-refractivity contribution in [3.05, 3.63) is 51.5 Å². The van der Waals surface area contributed by atoms with Crippen molar-refractivity contribution >= 4 is 35.0 Å². The fourth-order valence-electron chi connectivity index (χ4n) is 3.25. The number of thioether (sulfide) groups is 1. The first-order valence-electron chi connectivity index (χ1n) is 7.89. The molecule has 28 heavy (non-hydrogen) atoms. The van der Waals surface area contributed by atoms with Crippen LogP contribution in [0.3, 0.4) is 0 Å². The molecule has 1 aromatic rings. The maximum Gasteiger partial charge on any atom is 0.447 e. The topological polar surface area (TPSA) is 77.8 Å². The van der Waals surface area contributed by atoms with Gasteiger partial charge >= 0.3 is 11.5 Å². The van der Waals surface area contributed by atoms with Crippen molar-refractivity contribution in [2.45, 2.75) is 35.5 Å². The second-order valence-corrected chi connectivity index (χ2v) is 8.49. The zero-order valence-electron chi connectivity index (χ0n) is 14.2. The molecular formula is C17H13F4NO4S2. The van der Waals surface area contributed by atoms with Crippen LogP contribution >= 0.6 is 23.1 Å². The van der Waals surface area contributed by atoms with Crippen LogP contribution in [0, 0.1) is 0 Å². The summed E-state index contributed by atoms with van der Waals surface area (Å²) >= 11 is 0.312. The molecule has 2 heterocycles. The molecule has 0 spiro atoms. The van der Waals surface area contributed by atoms with Gasteiger partial charge in [-0.1, -0.05) is 0 Å². The number of nitrogens with zero attached hydrogens (tertiary/aromatic N) is 1. The molecule has 0 saturated heterocycles. The first kappa shape index (κ1) is 20.5. The number of carbonyl (C=O) groups is 2. The number of thiophene rings is 1. The number of hydrogen-bond donors (Lipinski definition) is 2. The maximum absolute atomic E-state index is 14.5.